The number of carbonyl (C=O) groups excluding carboxylic acids is 2. The van der Waals surface area contributed by atoms with Crippen LogP contribution in [0.2, 0.25) is 5.02 Å². The molecule has 9 heteroatoms. The average Bonchev–Trinajstić information content (AvgIpc) is 2.69. The highest BCUT2D eigenvalue weighted by Gasteiger charge is 2.08. The maximum atomic E-state index is 12.1. The molecule has 2 rings (SSSR count). The summed E-state index contributed by atoms with van der Waals surface area (Å²) in [5.74, 6) is -0.0986. The van der Waals surface area contributed by atoms with Gasteiger partial charge in [0.2, 0.25) is 5.96 Å². The van der Waals surface area contributed by atoms with Crippen molar-refractivity contribution in [1.82, 2.24) is 16.0 Å². The van der Waals surface area contributed by atoms with Gasteiger partial charge in [-0.25, -0.2) is 9.79 Å². The van der Waals surface area contributed by atoms with E-state index in [-0.39, 0.29) is 24.7 Å². The Balaban J connectivity index is 2.02. The van der Waals surface area contributed by atoms with Crippen LogP contribution in [0.15, 0.2) is 53.5 Å². The third-order valence-electron chi connectivity index (χ3n) is 3.54. The topological polar surface area (TPSA) is 112 Å². The molecule has 2 aromatic rings. The van der Waals surface area contributed by atoms with Crippen molar-refractivity contribution in [2.75, 3.05) is 13.7 Å². The van der Waals surface area contributed by atoms with Crippen LogP contribution in [-0.4, -0.2) is 36.7 Å². The van der Waals surface area contributed by atoms with Gasteiger partial charge in [0.25, 0.3) is 0 Å². The molecule has 4 N–H and O–H groups in total. The number of guanidine groups is 1. The van der Waals surface area contributed by atoms with Gasteiger partial charge in [0.15, 0.2) is 0 Å². The largest absolute Gasteiger partial charge is 0.508 e. The van der Waals surface area contributed by atoms with Crippen LogP contribution in [0.3, 0.4) is 0 Å². The van der Waals surface area contributed by atoms with E-state index in [0.717, 1.165) is 5.56 Å². The predicted molar refractivity (Wildman–Crippen MR) is 107 cm³/mol. The van der Waals surface area contributed by atoms with Crippen molar-refractivity contribution in [1.29, 1.82) is 0 Å². The first-order chi connectivity index (χ1) is 13.5. The van der Waals surface area contributed by atoms with Gasteiger partial charge in [0.1, 0.15) is 5.75 Å². The predicted octanol–water partition coefficient (Wildman–Crippen LogP) is 2.69. The van der Waals surface area contributed by atoms with Crippen molar-refractivity contribution < 1.29 is 19.4 Å². The number of methoxy groups -OCH3 is 1. The molecule has 0 radical (unpaired) electrons. The SMILES string of the molecule is COC(=O)CCNC(=O)N/C(=N\c1ccc(O)cc1)NCc1ccc(Cl)cc1. The minimum Gasteiger partial charge on any atom is -0.508 e. The van der Waals surface area contributed by atoms with Gasteiger partial charge in [-0.05, 0) is 42.0 Å². The molecule has 0 heterocycles. The van der Waals surface area contributed by atoms with E-state index < -0.39 is 12.0 Å². The lowest BCUT2D eigenvalue weighted by molar-refractivity contribution is -0.140. The Morgan fingerprint density at radius 2 is 1.75 bits per heavy atom. The van der Waals surface area contributed by atoms with Crippen LogP contribution in [0.1, 0.15) is 12.0 Å². The Morgan fingerprint density at radius 1 is 1.07 bits per heavy atom. The number of phenolic OH excluding ortho intramolecular Hbond substituents is 1. The molecule has 28 heavy (non-hydrogen) atoms. The van der Waals surface area contributed by atoms with E-state index in [1.54, 1.807) is 24.3 Å². The van der Waals surface area contributed by atoms with Crippen molar-refractivity contribution in [2.24, 2.45) is 4.99 Å². The van der Waals surface area contributed by atoms with Gasteiger partial charge in [-0.2, -0.15) is 0 Å². The minimum absolute atomic E-state index is 0.0621. The van der Waals surface area contributed by atoms with E-state index in [2.05, 4.69) is 25.7 Å². The summed E-state index contributed by atoms with van der Waals surface area (Å²) in [7, 11) is 1.28. The monoisotopic (exact) mass is 404 g/mol. The molecule has 0 atom stereocenters. The number of benzene rings is 2. The lowest BCUT2D eigenvalue weighted by atomic mass is 10.2. The highest BCUT2D eigenvalue weighted by Crippen LogP contribution is 2.16. The molecule has 2 aromatic carbocycles. The zero-order chi connectivity index (χ0) is 20.4. The third-order valence-corrected chi connectivity index (χ3v) is 3.79. The van der Waals surface area contributed by atoms with Crippen molar-refractivity contribution in [3.63, 3.8) is 0 Å². The van der Waals surface area contributed by atoms with Gasteiger partial charge >= 0.3 is 12.0 Å². The second kappa shape index (κ2) is 10.8. The first-order valence-electron chi connectivity index (χ1n) is 8.44. The molecule has 0 aliphatic heterocycles. The summed E-state index contributed by atoms with van der Waals surface area (Å²) in [6, 6.07) is 12.9. The zero-order valence-electron chi connectivity index (χ0n) is 15.2. The van der Waals surface area contributed by atoms with Crippen molar-refractivity contribution in [2.45, 2.75) is 13.0 Å². The van der Waals surface area contributed by atoms with E-state index in [4.69, 9.17) is 11.6 Å². The summed E-state index contributed by atoms with van der Waals surface area (Å²) in [6.45, 7) is 0.526. The van der Waals surface area contributed by atoms with Crippen LogP contribution in [0.25, 0.3) is 0 Å². The molecule has 0 aliphatic rings. The number of carbonyl (C=O) groups is 2. The molecule has 0 aliphatic carbocycles. The van der Waals surface area contributed by atoms with Crippen molar-refractivity contribution in [3.8, 4) is 5.75 Å². The molecule has 0 spiro atoms. The lowest BCUT2D eigenvalue weighted by Crippen LogP contribution is -2.46. The average molecular weight is 405 g/mol. The molecule has 2 amide bonds. The lowest BCUT2D eigenvalue weighted by Gasteiger charge is -2.12. The van der Waals surface area contributed by atoms with Crippen LogP contribution < -0.4 is 16.0 Å². The van der Waals surface area contributed by atoms with Crippen LogP contribution in [-0.2, 0) is 16.1 Å². The Kier molecular flexibility index (Phi) is 8.11. The number of urea groups is 1. The number of esters is 1. The number of aromatic hydroxyl groups is 1. The molecule has 0 bridgehead atoms. The fraction of sp³-hybridized carbons (Fsp3) is 0.211. The standard InChI is InChI=1S/C19H21ClN4O4/c1-28-17(26)10-11-21-19(27)24-18(23-15-6-8-16(25)9-7-15)22-12-13-2-4-14(20)5-3-13/h2-9,25H,10-12H2,1H3,(H3,21,22,23,24,27). The number of halogens is 1. The molecule has 148 valence electrons. The number of rotatable bonds is 6. The maximum Gasteiger partial charge on any atom is 0.321 e. The second-order valence-electron chi connectivity index (χ2n) is 5.66. The number of nitrogens with one attached hydrogen (secondary N) is 3. The van der Waals surface area contributed by atoms with Crippen molar-refractivity contribution >= 4 is 35.2 Å². The summed E-state index contributed by atoms with van der Waals surface area (Å²) >= 11 is 5.88. The number of nitrogens with zero attached hydrogens (tertiary/aromatic N) is 1. The Labute approximate surface area is 167 Å². The fourth-order valence-corrected chi connectivity index (χ4v) is 2.21. The highest BCUT2D eigenvalue weighted by molar-refractivity contribution is 6.30. The fourth-order valence-electron chi connectivity index (χ4n) is 2.09. The van der Waals surface area contributed by atoms with Gasteiger partial charge in [-0.1, -0.05) is 23.7 Å². The highest BCUT2D eigenvalue weighted by atomic mass is 35.5. The molecule has 0 unspecified atom stereocenters. The van der Waals surface area contributed by atoms with Gasteiger partial charge in [-0.15, -0.1) is 0 Å². The minimum atomic E-state index is -0.523. The molecule has 0 saturated carbocycles. The number of hydrogen-bond donors (Lipinski definition) is 4. The molecule has 8 nitrogen and oxygen atoms in total. The number of ether oxygens (including phenoxy) is 1. The number of amides is 2. The van der Waals surface area contributed by atoms with Gasteiger partial charge < -0.3 is 20.5 Å². The number of aliphatic imine (C=N–C) groups is 1. The Hall–Kier alpha value is -3.26. The third kappa shape index (κ3) is 7.55. The maximum absolute atomic E-state index is 12.1. The smallest absolute Gasteiger partial charge is 0.321 e. The summed E-state index contributed by atoms with van der Waals surface area (Å²) in [5.41, 5.74) is 1.47. The van der Waals surface area contributed by atoms with Crippen LogP contribution in [0.5, 0.6) is 5.75 Å². The molecule has 0 saturated heterocycles. The first kappa shape index (κ1) is 21.0. The van der Waals surface area contributed by atoms with E-state index in [1.807, 2.05) is 12.1 Å². The van der Waals surface area contributed by atoms with Crippen LogP contribution >= 0.6 is 11.6 Å². The summed E-state index contributed by atoms with van der Waals surface area (Å²) < 4.78 is 4.52. The van der Waals surface area contributed by atoms with E-state index in [1.165, 1.54) is 19.2 Å². The quantitative estimate of drug-likeness (QED) is 0.336. The summed E-state index contributed by atoms with van der Waals surface area (Å²) in [6.07, 6.45) is 0.0621. The van der Waals surface area contributed by atoms with Gasteiger partial charge in [0.05, 0.1) is 19.2 Å². The van der Waals surface area contributed by atoms with Gasteiger partial charge in [-0.3, -0.25) is 10.1 Å². The van der Waals surface area contributed by atoms with E-state index in [9.17, 15) is 14.7 Å². The second-order valence-corrected chi connectivity index (χ2v) is 6.10. The molecule has 0 fully saturated rings. The Morgan fingerprint density at radius 3 is 2.39 bits per heavy atom. The summed E-state index contributed by atoms with van der Waals surface area (Å²) in [4.78, 5) is 27.5. The van der Waals surface area contributed by atoms with Crippen LogP contribution in [0.4, 0.5) is 10.5 Å². The van der Waals surface area contributed by atoms with Crippen LogP contribution in [0, 0.1) is 0 Å². The number of hydrogen-bond acceptors (Lipinski definition) is 5. The zero-order valence-corrected chi connectivity index (χ0v) is 16.0. The van der Waals surface area contributed by atoms with E-state index in [0.29, 0.717) is 17.3 Å². The number of phenols is 1. The summed E-state index contributed by atoms with van der Waals surface area (Å²) in [5, 5.41) is 18.2. The normalized spacial score (nSPS) is 10.9. The van der Waals surface area contributed by atoms with Gasteiger partial charge in [0, 0.05) is 18.1 Å². The van der Waals surface area contributed by atoms with Crippen molar-refractivity contribution in [3.05, 3.63) is 59.1 Å². The Bertz CT molecular complexity index is 823. The molecule has 0 aromatic heterocycles. The molecular weight excluding hydrogens is 384 g/mol. The first-order valence-corrected chi connectivity index (χ1v) is 8.82. The molecular formula is C19H21ClN4O4. The van der Waals surface area contributed by atoms with E-state index >= 15 is 0 Å².